The summed E-state index contributed by atoms with van der Waals surface area (Å²) in [6.07, 6.45) is 0.904. The summed E-state index contributed by atoms with van der Waals surface area (Å²) in [6, 6.07) is 11.0. The van der Waals surface area contributed by atoms with Gasteiger partial charge in [-0.05, 0) is 61.3 Å². The Bertz CT molecular complexity index is 962. The Morgan fingerprint density at radius 2 is 1.90 bits per heavy atom. The van der Waals surface area contributed by atoms with Crippen LogP contribution in [0.1, 0.15) is 60.2 Å². The van der Waals surface area contributed by atoms with Gasteiger partial charge in [0.15, 0.2) is 5.69 Å². The molecule has 0 unspecified atom stereocenters. The fourth-order valence-electron chi connectivity index (χ4n) is 3.10. The average Bonchev–Trinajstić information content (AvgIpc) is 3.40. The number of aromatic nitrogens is 2. The van der Waals surface area contributed by atoms with Crippen molar-refractivity contribution in [3.63, 3.8) is 0 Å². The minimum Gasteiger partial charge on any atom is -0.349 e. The van der Waals surface area contributed by atoms with Gasteiger partial charge < -0.3 is 10.2 Å². The number of rotatable bonds is 7. The van der Waals surface area contributed by atoms with E-state index < -0.39 is 11.6 Å². The molecule has 2 heterocycles. The van der Waals surface area contributed by atoms with Crippen LogP contribution in [-0.4, -0.2) is 31.8 Å². The lowest BCUT2D eigenvalue weighted by Gasteiger charge is -2.33. The highest BCUT2D eigenvalue weighted by Crippen LogP contribution is 2.28. The number of carbonyl (C=O) groups excluding carboxylic acids is 2. The van der Waals surface area contributed by atoms with Crippen molar-refractivity contribution in [2.24, 2.45) is 0 Å². The molecule has 0 spiro atoms. The van der Waals surface area contributed by atoms with Crippen LogP contribution in [0.15, 0.2) is 47.2 Å². The molecule has 1 aromatic carbocycles. The van der Waals surface area contributed by atoms with E-state index in [1.54, 1.807) is 21.6 Å². The Hall–Kier alpha value is -2.58. The predicted molar refractivity (Wildman–Crippen MR) is 121 cm³/mol. The summed E-state index contributed by atoms with van der Waals surface area (Å²) >= 11 is 2.67. The molecule has 0 fully saturated rings. The van der Waals surface area contributed by atoms with Gasteiger partial charge in [-0.2, -0.15) is 0 Å². The zero-order valence-electron chi connectivity index (χ0n) is 17.6. The summed E-state index contributed by atoms with van der Waals surface area (Å²) in [4.78, 5) is 29.4. The molecule has 0 saturated heterocycles. The highest BCUT2D eigenvalue weighted by molar-refractivity contribution is 7.09. The number of aryl methyl sites for hydroxylation is 1. The van der Waals surface area contributed by atoms with Crippen LogP contribution >= 0.6 is 22.9 Å². The first kappa shape index (κ1) is 22.1. The Morgan fingerprint density at radius 3 is 2.43 bits per heavy atom. The largest absolute Gasteiger partial charge is 0.349 e. The van der Waals surface area contributed by atoms with Crippen LogP contribution < -0.4 is 5.32 Å². The van der Waals surface area contributed by atoms with Crippen LogP contribution in [0.4, 0.5) is 0 Å². The Labute approximate surface area is 185 Å². The van der Waals surface area contributed by atoms with E-state index in [1.165, 1.54) is 5.56 Å². The van der Waals surface area contributed by atoms with Crippen LogP contribution in [0, 0.1) is 0 Å². The van der Waals surface area contributed by atoms with Crippen molar-refractivity contribution in [3.8, 4) is 0 Å². The molecule has 0 saturated carbocycles. The van der Waals surface area contributed by atoms with Crippen molar-refractivity contribution >= 4 is 34.7 Å². The first-order valence-electron chi connectivity index (χ1n) is 9.79. The minimum atomic E-state index is -0.786. The number of carbonyl (C=O) groups is 2. The van der Waals surface area contributed by atoms with Crippen molar-refractivity contribution in [2.75, 3.05) is 0 Å². The average molecular weight is 443 g/mol. The summed E-state index contributed by atoms with van der Waals surface area (Å²) in [5.41, 5.74) is 1.75. The van der Waals surface area contributed by atoms with Crippen LogP contribution in [0.2, 0.25) is 0 Å². The molecule has 0 aliphatic heterocycles. The number of nitrogens with zero attached hydrogens (tertiary/aromatic N) is 3. The highest BCUT2D eigenvalue weighted by Gasteiger charge is 2.34. The van der Waals surface area contributed by atoms with E-state index in [2.05, 4.69) is 21.8 Å². The van der Waals surface area contributed by atoms with Gasteiger partial charge in [-0.1, -0.05) is 41.7 Å². The van der Waals surface area contributed by atoms with E-state index >= 15 is 0 Å². The Balaban J connectivity index is 2.06. The highest BCUT2D eigenvalue weighted by atomic mass is 32.1. The zero-order chi connectivity index (χ0) is 21.7. The minimum absolute atomic E-state index is 0.222. The molecule has 0 radical (unpaired) electrons. The molecule has 1 N–H and O–H groups in total. The lowest BCUT2D eigenvalue weighted by atomic mass is 9.99. The van der Waals surface area contributed by atoms with E-state index in [0.717, 1.165) is 28.4 Å². The third kappa shape index (κ3) is 5.52. The smallest absolute Gasteiger partial charge is 0.276 e. The number of benzene rings is 1. The molecule has 3 aromatic rings. The molecular formula is C22H26N4O2S2. The van der Waals surface area contributed by atoms with E-state index in [0.29, 0.717) is 6.54 Å². The third-order valence-corrected chi connectivity index (χ3v) is 5.87. The molecule has 0 aliphatic rings. The standard InChI is InChI=1S/C22H26N4O2S2/c1-5-15-8-10-16(11-9-15)19(20(27)23-22(2,3)4)26(13-17-7-6-12-29-17)21(28)18-14-30-25-24-18/h6-12,14,19H,5,13H2,1-4H3,(H,23,27)/t19-/m1/s1. The number of nitrogens with one attached hydrogen (secondary N) is 1. The molecule has 30 heavy (non-hydrogen) atoms. The Morgan fingerprint density at radius 1 is 1.17 bits per heavy atom. The van der Waals surface area contributed by atoms with Crippen molar-refractivity contribution in [1.29, 1.82) is 0 Å². The van der Waals surface area contributed by atoms with Crippen LogP contribution in [0.25, 0.3) is 0 Å². The Kier molecular flexibility index (Phi) is 6.99. The van der Waals surface area contributed by atoms with E-state index in [1.807, 2.05) is 62.5 Å². The molecular weight excluding hydrogens is 416 g/mol. The lowest BCUT2D eigenvalue weighted by Crippen LogP contribution is -2.49. The molecule has 158 valence electrons. The third-order valence-electron chi connectivity index (χ3n) is 4.51. The molecule has 2 amide bonds. The van der Waals surface area contributed by atoms with Gasteiger partial charge in [0.05, 0.1) is 6.54 Å². The summed E-state index contributed by atoms with van der Waals surface area (Å²) in [5.74, 6) is -0.536. The zero-order valence-corrected chi connectivity index (χ0v) is 19.2. The van der Waals surface area contributed by atoms with Gasteiger partial charge in [0.2, 0.25) is 5.91 Å². The maximum Gasteiger partial charge on any atom is 0.276 e. The first-order valence-corrected chi connectivity index (χ1v) is 11.5. The van der Waals surface area contributed by atoms with Gasteiger partial charge in [-0.3, -0.25) is 9.59 Å². The van der Waals surface area contributed by atoms with Crippen LogP contribution in [0.5, 0.6) is 0 Å². The topological polar surface area (TPSA) is 75.2 Å². The SMILES string of the molecule is CCc1ccc([C@H](C(=O)NC(C)(C)C)N(Cc2cccs2)C(=O)c2csnn2)cc1. The molecule has 8 heteroatoms. The monoisotopic (exact) mass is 442 g/mol. The maximum atomic E-state index is 13.4. The molecule has 0 bridgehead atoms. The second kappa shape index (κ2) is 9.49. The van der Waals surface area contributed by atoms with E-state index in [4.69, 9.17) is 0 Å². The first-order chi connectivity index (χ1) is 14.3. The summed E-state index contributed by atoms with van der Waals surface area (Å²) < 4.78 is 3.83. The summed E-state index contributed by atoms with van der Waals surface area (Å²) in [7, 11) is 0. The van der Waals surface area contributed by atoms with Crippen molar-refractivity contribution < 1.29 is 9.59 Å². The second-order valence-corrected chi connectivity index (χ2v) is 9.68. The number of hydrogen-bond acceptors (Lipinski definition) is 6. The molecule has 2 aromatic heterocycles. The molecule has 0 aliphatic carbocycles. The fraction of sp³-hybridized carbons (Fsp3) is 0.364. The maximum absolute atomic E-state index is 13.4. The van der Waals surface area contributed by atoms with Crippen molar-refractivity contribution in [3.05, 3.63) is 68.9 Å². The van der Waals surface area contributed by atoms with E-state index in [-0.39, 0.29) is 17.5 Å². The number of thiophene rings is 1. The quantitative estimate of drug-likeness (QED) is 0.586. The van der Waals surface area contributed by atoms with Crippen molar-refractivity contribution in [1.82, 2.24) is 19.8 Å². The van der Waals surface area contributed by atoms with E-state index in [9.17, 15) is 9.59 Å². The fourth-order valence-corrected chi connectivity index (χ4v) is 4.23. The summed E-state index contributed by atoms with van der Waals surface area (Å²) in [6.45, 7) is 8.18. The van der Waals surface area contributed by atoms with Gasteiger partial charge in [0, 0.05) is 15.8 Å². The van der Waals surface area contributed by atoms with Gasteiger partial charge in [-0.25, -0.2) is 0 Å². The van der Waals surface area contributed by atoms with Gasteiger partial charge in [-0.15, -0.1) is 16.4 Å². The number of amides is 2. The lowest BCUT2D eigenvalue weighted by molar-refractivity contribution is -0.127. The molecule has 6 nitrogen and oxygen atoms in total. The van der Waals surface area contributed by atoms with Gasteiger partial charge >= 0.3 is 0 Å². The number of hydrogen-bond donors (Lipinski definition) is 1. The van der Waals surface area contributed by atoms with Gasteiger partial charge in [0.25, 0.3) is 5.91 Å². The van der Waals surface area contributed by atoms with Crippen LogP contribution in [0.3, 0.4) is 0 Å². The summed E-state index contributed by atoms with van der Waals surface area (Å²) in [5, 5.41) is 10.6. The molecule has 3 rings (SSSR count). The van der Waals surface area contributed by atoms with Crippen LogP contribution in [-0.2, 0) is 17.8 Å². The second-order valence-electron chi connectivity index (χ2n) is 8.04. The van der Waals surface area contributed by atoms with Gasteiger partial charge in [0.1, 0.15) is 6.04 Å². The normalized spacial score (nSPS) is 12.4. The molecule has 1 atom stereocenters. The van der Waals surface area contributed by atoms with Crippen molar-refractivity contribution in [2.45, 2.75) is 52.2 Å². The predicted octanol–water partition coefficient (Wildman–Crippen LogP) is 4.46.